The largest absolute Gasteiger partial charge is 0.367 e. The minimum atomic E-state index is -1.08. The van der Waals surface area contributed by atoms with Crippen LogP contribution in [0.15, 0.2) is 48.5 Å². The number of carbonyl (C=O) groups is 1. The number of benzene rings is 3. The number of anilines is 2. The van der Waals surface area contributed by atoms with Crippen molar-refractivity contribution in [2.75, 3.05) is 36.9 Å². The molecule has 4 rings (SSSR count). The molecule has 0 bridgehead atoms. The van der Waals surface area contributed by atoms with Crippen LogP contribution in [0.25, 0.3) is 0 Å². The summed E-state index contributed by atoms with van der Waals surface area (Å²) in [6.45, 7) is 5.63. The summed E-state index contributed by atoms with van der Waals surface area (Å²) in [4.78, 5) is 28.1. The molecular formula is C28H25ClF2N4O3. The van der Waals surface area contributed by atoms with Crippen LogP contribution < -0.4 is 10.2 Å². The lowest BCUT2D eigenvalue weighted by atomic mass is 10.1. The summed E-state index contributed by atoms with van der Waals surface area (Å²) in [5.74, 6) is 3.83. The van der Waals surface area contributed by atoms with E-state index in [1.54, 1.807) is 18.2 Å². The lowest BCUT2D eigenvalue weighted by Gasteiger charge is -2.39. The zero-order valence-electron chi connectivity index (χ0n) is 21.0. The zero-order valence-corrected chi connectivity index (χ0v) is 21.8. The molecular weight excluding hydrogens is 514 g/mol. The molecule has 3 aromatic carbocycles. The number of nitrogens with zero attached hydrogens (tertiary/aromatic N) is 3. The normalized spacial score (nSPS) is 15.5. The van der Waals surface area contributed by atoms with Crippen LogP contribution in [0, 0.1) is 40.5 Å². The van der Waals surface area contributed by atoms with Crippen molar-refractivity contribution in [3.05, 3.63) is 97.6 Å². The quantitative estimate of drug-likeness (QED) is 0.265. The van der Waals surface area contributed by atoms with Gasteiger partial charge in [0.1, 0.15) is 5.82 Å². The Morgan fingerprint density at radius 2 is 1.76 bits per heavy atom. The molecule has 0 aromatic heterocycles. The van der Waals surface area contributed by atoms with Gasteiger partial charge in [-0.25, -0.2) is 4.39 Å². The van der Waals surface area contributed by atoms with E-state index >= 15 is 0 Å². The first-order valence-corrected chi connectivity index (χ1v) is 12.2. The van der Waals surface area contributed by atoms with Gasteiger partial charge < -0.3 is 15.1 Å². The van der Waals surface area contributed by atoms with E-state index in [2.05, 4.69) is 33.9 Å². The van der Waals surface area contributed by atoms with Crippen molar-refractivity contribution in [2.24, 2.45) is 0 Å². The van der Waals surface area contributed by atoms with Crippen LogP contribution in [0.1, 0.15) is 34.0 Å². The van der Waals surface area contributed by atoms with E-state index in [1.165, 1.54) is 19.1 Å². The third-order valence-corrected chi connectivity index (χ3v) is 7.07. The van der Waals surface area contributed by atoms with Gasteiger partial charge in [-0.05, 0) is 63.4 Å². The number of carbonyl (C=O) groups excluding carboxylic acids is 1. The minimum Gasteiger partial charge on any atom is -0.367 e. The molecule has 1 atom stereocenters. The number of hydrogen-bond acceptors (Lipinski definition) is 5. The van der Waals surface area contributed by atoms with Gasteiger partial charge in [0.2, 0.25) is 5.82 Å². The van der Waals surface area contributed by atoms with E-state index < -0.39 is 22.3 Å². The van der Waals surface area contributed by atoms with Crippen LogP contribution in [0.3, 0.4) is 0 Å². The molecule has 3 aromatic rings. The number of halogens is 3. The minimum absolute atomic E-state index is 0.182. The third kappa shape index (κ3) is 5.77. The van der Waals surface area contributed by atoms with E-state index in [1.807, 2.05) is 19.2 Å². The monoisotopic (exact) mass is 538 g/mol. The van der Waals surface area contributed by atoms with Crippen LogP contribution in [-0.2, 0) is 0 Å². The fraction of sp³-hybridized carbons (Fsp3) is 0.250. The summed E-state index contributed by atoms with van der Waals surface area (Å²) in [7, 11) is 2.05. The molecule has 10 heteroatoms. The molecule has 0 saturated carbocycles. The first-order valence-electron chi connectivity index (χ1n) is 11.9. The third-order valence-electron chi connectivity index (χ3n) is 6.58. The molecule has 1 fully saturated rings. The van der Waals surface area contributed by atoms with Gasteiger partial charge in [0.05, 0.1) is 26.9 Å². The highest BCUT2D eigenvalue weighted by molar-refractivity contribution is 6.35. The van der Waals surface area contributed by atoms with E-state index in [0.29, 0.717) is 29.9 Å². The molecule has 7 nitrogen and oxygen atoms in total. The van der Waals surface area contributed by atoms with Crippen molar-refractivity contribution in [3.8, 4) is 11.8 Å². The van der Waals surface area contributed by atoms with Gasteiger partial charge in [-0.3, -0.25) is 14.9 Å². The number of nitro groups is 1. The van der Waals surface area contributed by atoms with E-state index in [9.17, 15) is 23.7 Å². The van der Waals surface area contributed by atoms with Crippen LogP contribution in [-0.4, -0.2) is 48.5 Å². The predicted molar refractivity (Wildman–Crippen MR) is 144 cm³/mol. The van der Waals surface area contributed by atoms with Gasteiger partial charge in [-0.2, -0.15) is 4.39 Å². The molecule has 196 valence electrons. The van der Waals surface area contributed by atoms with Crippen molar-refractivity contribution >= 4 is 34.6 Å². The first kappa shape index (κ1) is 27.0. The molecule has 1 heterocycles. The molecule has 1 aliphatic heterocycles. The molecule has 1 saturated heterocycles. The van der Waals surface area contributed by atoms with Gasteiger partial charge in [-0.1, -0.05) is 23.4 Å². The second kappa shape index (κ2) is 11.2. The maximum atomic E-state index is 14.4. The molecule has 0 unspecified atom stereocenters. The van der Waals surface area contributed by atoms with Gasteiger partial charge in [0.25, 0.3) is 5.91 Å². The van der Waals surface area contributed by atoms with Gasteiger partial charge in [-0.15, -0.1) is 0 Å². The number of hydrogen-bond donors (Lipinski definition) is 1. The van der Waals surface area contributed by atoms with Gasteiger partial charge >= 0.3 is 5.69 Å². The summed E-state index contributed by atoms with van der Waals surface area (Å²) in [5, 5.41) is 13.9. The Kier molecular flexibility index (Phi) is 7.95. The fourth-order valence-corrected chi connectivity index (χ4v) is 4.40. The van der Waals surface area contributed by atoms with Gasteiger partial charge in [0, 0.05) is 48.4 Å². The molecule has 0 aliphatic carbocycles. The molecule has 1 amide bonds. The number of nitro benzene ring substituents is 1. The first-order chi connectivity index (χ1) is 18.0. The summed E-state index contributed by atoms with van der Waals surface area (Å²) >= 11 is 6.23. The number of piperazine rings is 1. The van der Waals surface area contributed by atoms with Crippen molar-refractivity contribution in [3.63, 3.8) is 0 Å². The van der Waals surface area contributed by atoms with E-state index in [0.717, 1.165) is 18.3 Å². The van der Waals surface area contributed by atoms with Crippen LogP contribution in [0.5, 0.6) is 0 Å². The predicted octanol–water partition coefficient (Wildman–Crippen LogP) is 5.63. The van der Waals surface area contributed by atoms with E-state index in [4.69, 9.17) is 11.6 Å². The van der Waals surface area contributed by atoms with Crippen molar-refractivity contribution < 1.29 is 18.5 Å². The van der Waals surface area contributed by atoms with E-state index in [-0.39, 0.29) is 28.0 Å². The lowest BCUT2D eigenvalue weighted by Crippen LogP contribution is -2.50. The maximum Gasteiger partial charge on any atom is 0.305 e. The standard InChI is InChI=1S/C28H25ClF2N4O3/c1-17-16-34(13-12-33(17)3)24-11-8-20(5-4-19-6-9-21(30)10-7-19)14-23(24)32-28(36)22-15-25(35(37)38)27(31)18(2)26(22)29/h6-11,14-15,17H,12-13,16H2,1-3H3,(H,32,36)/t17-/m0/s1. The van der Waals surface area contributed by atoms with Crippen LogP contribution in [0.2, 0.25) is 5.02 Å². The van der Waals surface area contributed by atoms with Gasteiger partial charge in [0.15, 0.2) is 0 Å². The Bertz CT molecular complexity index is 1470. The Balaban J connectivity index is 1.73. The van der Waals surface area contributed by atoms with Crippen LogP contribution in [0.4, 0.5) is 25.8 Å². The average Bonchev–Trinajstić information content (AvgIpc) is 2.88. The lowest BCUT2D eigenvalue weighted by molar-refractivity contribution is -0.387. The summed E-state index contributed by atoms with van der Waals surface area (Å²) in [5.41, 5.74) is 1.16. The average molecular weight is 539 g/mol. The molecule has 1 N–H and O–H groups in total. The topological polar surface area (TPSA) is 78.7 Å². The van der Waals surface area contributed by atoms with Crippen molar-refractivity contribution in [1.29, 1.82) is 0 Å². The number of amides is 1. The smallest absolute Gasteiger partial charge is 0.305 e. The Morgan fingerprint density at radius 1 is 1.11 bits per heavy atom. The maximum absolute atomic E-state index is 14.4. The highest BCUT2D eigenvalue weighted by Crippen LogP contribution is 2.33. The zero-order chi connectivity index (χ0) is 27.6. The number of likely N-dealkylation sites (N-methyl/N-ethyl adjacent to an activating group) is 1. The molecule has 38 heavy (non-hydrogen) atoms. The summed E-state index contributed by atoms with van der Waals surface area (Å²) in [6.07, 6.45) is 0. The molecule has 0 spiro atoms. The molecule has 0 radical (unpaired) electrons. The number of rotatable bonds is 4. The SMILES string of the molecule is Cc1c(F)c([N+](=O)[O-])cc(C(=O)Nc2cc(C#Cc3ccc(F)cc3)ccc2N2CCN(C)[C@@H](C)C2)c1Cl. The Labute approximate surface area is 224 Å². The Morgan fingerprint density at radius 3 is 2.42 bits per heavy atom. The summed E-state index contributed by atoms with van der Waals surface area (Å²) < 4.78 is 27.6. The Hall–Kier alpha value is -4.00. The molecule has 1 aliphatic rings. The van der Waals surface area contributed by atoms with Crippen molar-refractivity contribution in [2.45, 2.75) is 19.9 Å². The van der Waals surface area contributed by atoms with Crippen molar-refractivity contribution in [1.82, 2.24) is 4.90 Å². The van der Waals surface area contributed by atoms with Crippen LogP contribution >= 0.6 is 11.6 Å². The fourth-order valence-electron chi connectivity index (χ4n) is 4.18. The highest BCUT2D eigenvalue weighted by atomic mass is 35.5. The number of nitrogens with one attached hydrogen (secondary N) is 1. The second-order valence-corrected chi connectivity index (χ2v) is 9.55. The summed E-state index contributed by atoms with van der Waals surface area (Å²) in [6, 6.07) is 12.3. The highest BCUT2D eigenvalue weighted by Gasteiger charge is 2.27. The second-order valence-electron chi connectivity index (χ2n) is 9.17.